The van der Waals surface area contributed by atoms with Gasteiger partial charge in [0.05, 0.1) is 0 Å². The van der Waals surface area contributed by atoms with Gasteiger partial charge in [0.1, 0.15) is 0 Å². The van der Waals surface area contributed by atoms with Crippen LogP contribution in [-0.2, 0) is 0 Å². The van der Waals surface area contributed by atoms with E-state index >= 15 is 0 Å². The Balaban J connectivity index is 2.89. The molecule has 0 heteroatoms. The fourth-order valence-corrected chi connectivity index (χ4v) is 1.64. The van der Waals surface area contributed by atoms with E-state index in [1.807, 2.05) is 0 Å². The van der Waals surface area contributed by atoms with Gasteiger partial charge in [-0.25, -0.2) is 0 Å². The van der Waals surface area contributed by atoms with E-state index in [2.05, 4.69) is 52.0 Å². The van der Waals surface area contributed by atoms with Gasteiger partial charge in [0.25, 0.3) is 0 Å². The quantitative estimate of drug-likeness (QED) is 0.644. The molecule has 0 radical (unpaired) electrons. The molecule has 0 amide bonds. The van der Waals surface area contributed by atoms with Crippen molar-refractivity contribution < 1.29 is 0 Å². The Labute approximate surface area is 88.4 Å². The van der Waals surface area contributed by atoms with E-state index in [1.165, 1.54) is 24.0 Å². The van der Waals surface area contributed by atoms with Crippen LogP contribution in [0.1, 0.15) is 63.5 Å². The summed E-state index contributed by atoms with van der Waals surface area (Å²) in [5.74, 6) is 1.39. The van der Waals surface area contributed by atoms with Gasteiger partial charge in [0.2, 0.25) is 0 Å². The fraction of sp³-hybridized carbons (Fsp3) is 0.571. The summed E-state index contributed by atoms with van der Waals surface area (Å²) in [4.78, 5) is 0. The van der Waals surface area contributed by atoms with Crippen LogP contribution in [0.3, 0.4) is 0 Å². The van der Waals surface area contributed by atoms with E-state index < -0.39 is 0 Å². The molecular formula is C14H22. The van der Waals surface area contributed by atoms with Crippen molar-refractivity contribution in [1.82, 2.24) is 0 Å². The molecule has 2 unspecified atom stereocenters. The minimum atomic E-state index is 0.694. The van der Waals surface area contributed by atoms with Crippen LogP contribution < -0.4 is 0 Å². The molecule has 2 atom stereocenters. The van der Waals surface area contributed by atoms with Crippen molar-refractivity contribution in [2.75, 3.05) is 0 Å². The van der Waals surface area contributed by atoms with E-state index in [4.69, 9.17) is 0 Å². The highest BCUT2D eigenvalue weighted by atomic mass is 14.1. The zero-order valence-corrected chi connectivity index (χ0v) is 9.88. The molecule has 0 fully saturated rings. The van der Waals surface area contributed by atoms with E-state index in [1.54, 1.807) is 0 Å². The predicted molar refractivity (Wildman–Crippen MR) is 63.9 cm³/mol. The Morgan fingerprint density at radius 3 is 1.71 bits per heavy atom. The Morgan fingerprint density at radius 1 is 0.929 bits per heavy atom. The van der Waals surface area contributed by atoms with Gasteiger partial charge in [-0.3, -0.25) is 0 Å². The van der Waals surface area contributed by atoms with Crippen molar-refractivity contribution in [1.29, 1.82) is 0 Å². The molecule has 0 saturated heterocycles. The van der Waals surface area contributed by atoms with Crippen molar-refractivity contribution in [2.45, 2.75) is 52.4 Å². The SMILES string of the molecule is CCC(C)c1cccc(C(C)CC)c1. The molecule has 0 aliphatic heterocycles. The Morgan fingerprint density at radius 2 is 1.36 bits per heavy atom. The number of hydrogen-bond donors (Lipinski definition) is 0. The smallest absolute Gasteiger partial charge is 0.0193 e. The van der Waals surface area contributed by atoms with Crippen LogP contribution in [0.15, 0.2) is 24.3 Å². The first-order valence-electron chi connectivity index (χ1n) is 5.78. The zero-order valence-electron chi connectivity index (χ0n) is 9.88. The first-order chi connectivity index (χ1) is 6.69. The number of hydrogen-bond acceptors (Lipinski definition) is 0. The van der Waals surface area contributed by atoms with Gasteiger partial charge in [-0.05, 0) is 35.8 Å². The minimum Gasteiger partial charge on any atom is -0.0648 e. The molecule has 0 spiro atoms. The molecule has 1 aromatic rings. The van der Waals surface area contributed by atoms with Crippen molar-refractivity contribution in [3.63, 3.8) is 0 Å². The third-order valence-corrected chi connectivity index (χ3v) is 3.27. The zero-order chi connectivity index (χ0) is 10.6. The second-order valence-electron chi connectivity index (χ2n) is 4.29. The van der Waals surface area contributed by atoms with Crippen LogP contribution in [-0.4, -0.2) is 0 Å². The molecule has 0 nitrogen and oxygen atoms in total. The van der Waals surface area contributed by atoms with E-state index in [0.29, 0.717) is 11.8 Å². The Bertz CT molecular complexity index is 250. The maximum absolute atomic E-state index is 2.38. The van der Waals surface area contributed by atoms with E-state index in [9.17, 15) is 0 Å². The summed E-state index contributed by atoms with van der Waals surface area (Å²) in [5, 5.41) is 0. The van der Waals surface area contributed by atoms with Gasteiger partial charge in [-0.15, -0.1) is 0 Å². The lowest BCUT2D eigenvalue weighted by atomic mass is 9.92. The molecule has 0 bridgehead atoms. The van der Waals surface area contributed by atoms with Crippen molar-refractivity contribution in [3.05, 3.63) is 35.4 Å². The van der Waals surface area contributed by atoms with Gasteiger partial charge in [0.15, 0.2) is 0 Å². The lowest BCUT2D eigenvalue weighted by Gasteiger charge is -2.14. The van der Waals surface area contributed by atoms with Gasteiger partial charge >= 0.3 is 0 Å². The number of rotatable bonds is 4. The van der Waals surface area contributed by atoms with Crippen molar-refractivity contribution in [2.24, 2.45) is 0 Å². The Kier molecular flexibility index (Phi) is 4.19. The molecule has 1 rings (SSSR count). The second-order valence-corrected chi connectivity index (χ2v) is 4.29. The highest BCUT2D eigenvalue weighted by Gasteiger charge is 2.06. The average molecular weight is 190 g/mol. The number of benzene rings is 1. The van der Waals surface area contributed by atoms with Gasteiger partial charge < -0.3 is 0 Å². The lowest BCUT2D eigenvalue weighted by molar-refractivity contribution is 0.711. The predicted octanol–water partition coefficient (Wildman–Crippen LogP) is 4.71. The first-order valence-corrected chi connectivity index (χ1v) is 5.78. The summed E-state index contributed by atoms with van der Waals surface area (Å²) in [7, 11) is 0. The largest absolute Gasteiger partial charge is 0.0648 e. The average Bonchev–Trinajstić information content (AvgIpc) is 2.27. The summed E-state index contributed by atoms with van der Waals surface area (Å²) in [5.41, 5.74) is 2.98. The molecule has 0 aliphatic carbocycles. The topological polar surface area (TPSA) is 0 Å². The highest BCUT2D eigenvalue weighted by Crippen LogP contribution is 2.24. The molecule has 0 saturated carbocycles. The van der Waals surface area contributed by atoms with Gasteiger partial charge in [0, 0.05) is 0 Å². The van der Waals surface area contributed by atoms with Crippen molar-refractivity contribution in [3.8, 4) is 0 Å². The lowest BCUT2D eigenvalue weighted by Crippen LogP contribution is -1.96. The minimum absolute atomic E-state index is 0.694. The summed E-state index contributed by atoms with van der Waals surface area (Å²) in [6.07, 6.45) is 2.45. The highest BCUT2D eigenvalue weighted by molar-refractivity contribution is 5.28. The van der Waals surface area contributed by atoms with Crippen LogP contribution in [0.2, 0.25) is 0 Å². The summed E-state index contributed by atoms with van der Waals surface area (Å²) in [6.45, 7) is 9.10. The van der Waals surface area contributed by atoms with E-state index in [0.717, 1.165) is 0 Å². The third-order valence-electron chi connectivity index (χ3n) is 3.27. The van der Waals surface area contributed by atoms with Crippen LogP contribution in [0.25, 0.3) is 0 Å². The second kappa shape index (κ2) is 5.19. The Hall–Kier alpha value is -0.780. The maximum Gasteiger partial charge on any atom is -0.0193 e. The van der Waals surface area contributed by atoms with Crippen LogP contribution in [0.5, 0.6) is 0 Å². The standard InChI is InChI=1S/C14H22/c1-5-11(3)13-8-7-9-14(10-13)12(4)6-2/h7-12H,5-6H2,1-4H3. The van der Waals surface area contributed by atoms with Gasteiger partial charge in [-0.2, -0.15) is 0 Å². The summed E-state index contributed by atoms with van der Waals surface area (Å²) >= 11 is 0. The molecule has 78 valence electrons. The monoisotopic (exact) mass is 190 g/mol. The van der Waals surface area contributed by atoms with Crippen molar-refractivity contribution >= 4 is 0 Å². The molecule has 14 heavy (non-hydrogen) atoms. The molecule has 0 heterocycles. The maximum atomic E-state index is 2.38. The molecular weight excluding hydrogens is 168 g/mol. The molecule has 0 aromatic heterocycles. The molecule has 0 N–H and O–H groups in total. The fourth-order valence-electron chi connectivity index (χ4n) is 1.64. The van der Waals surface area contributed by atoms with Gasteiger partial charge in [-0.1, -0.05) is 52.0 Å². The van der Waals surface area contributed by atoms with Crippen LogP contribution in [0, 0.1) is 0 Å². The third kappa shape index (κ3) is 2.60. The first kappa shape index (κ1) is 11.3. The molecule has 1 aromatic carbocycles. The summed E-state index contributed by atoms with van der Waals surface area (Å²) < 4.78 is 0. The molecule has 0 aliphatic rings. The van der Waals surface area contributed by atoms with Crippen LogP contribution >= 0.6 is 0 Å². The van der Waals surface area contributed by atoms with Crippen LogP contribution in [0.4, 0.5) is 0 Å². The van der Waals surface area contributed by atoms with E-state index in [-0.39, 0.29) is 0 Å². The normalized spacial score (nSPS) is 15.1. The summed E-state index contributed by atoms with van der Waals surface area (Å²) in [6, 6.07) is 9.07.